The van der Waals surface area contributed by atoms with Crippen molar-refractivity contribution < 1.29 is 14.3 Å². The molecule has 5 heteroatoms. The van der Waals surface area contributed by atoms with Gasteiger partial charge in [0.15, 0.2) is 6.10 Å². The van der Waals surface area contributed by atoms with Crippen LogP contribution < -0.4 is 5.43 Å². The lowest BCUT2D eigenvalue weighted by atomic mass is 10.1. The van der Waals surface area contributed by atoms with Crippen LogP contribution in [-0.2, 0) is 4.79 Å². The number of nitrogens with one attached hydrogen (secondary N) is 1. The zero-order valence-electron chi connectivity index (χ0n) is 11.3. The molecule has 0 saturated carbocycles. The monoisotopic (exact) mass is 272 g/mol. The molecule has 1 aromatic carbocycles. The highest BCUT2D eigenvalue weighted by molar-refractivity contribution is 5.97. The van der Waals surface area contributed by atoms with Crippen molar-refractivity contribution in [1.82, 2.24) is 5.43 Å². The number of carbonyl (C=O) groups is 1. The number of rotatable bonds is 4. The van der Waals surface area contributed by atoms with Gasteiger partial charge in [0.05, 0.1) is 0 Å². The van der Waals surface area contributed by atoms with Gasteiger partial charge in [0.25, 0.3) is 5.91 Å². The number of amides is 1. The van der Waals surface area contributed by atoms with Gasteiger partial charge in [0.1, 0.15) is 17.2 Å². The van der Waals surface area contributed by atoms with Gasteiger partial charge in [0, 0.05) is 0 Å². The number of benzene rings is 1. The van der Waals surface area contributed by atoms with E-state index in [0.717, 1.165) is 5.76 Å². The van der Waals surface area contributed by atoms with Crippen molar-refractivity contribution in [1.29, 1.82) is 0 Å². The third-order valence-corrected chi connectivity index (χ3v) is 2.79. The molecule has 0 aliphatic rings. The third kappa shape index (κ3) is 3.33. The van der Waals surface area contributed by atoms with Gasteiger partial charge in [-0.15, -0.1) is 0 Å². The van der Waals surface area contributed by atoms with E-state index >= 15 is 0 Å². The van der Waals surface area contributed by atoms with Crippen molar-refractivity contribution in [2.75, 3.05) is 0 Å². The van der Waals surface area contributed by atoms with Crippen LogP contribution in [0.4, 0.5) is 0 Å². The number of aliphatic hydroxyl groups is 1. The number of aliphatic hydroxyl groups excluding tert-OH is 1. The summed E-state index contributed by atoms with van der Waals surface area (Å²) in [7, 11) is 0. The number of hydrogen-bond donors (Lipinski definition) is 2. The lowest BCUT2D eigenvalue weighted by Crippen LogP contribution is -2.26. The maximum absolute atomic E-state index is 11.8. The Morgan fingerprint density at radius 2 is 1.95 bits per heavy atom. The van der Waals surface area contributed by atoms with Crippen LogP contribution in [-0.4, -0.2) is 16.7 Å². The Hall–Kier alpha value is -2.40. The lowest BCUT2D eigenvalue weighted by molar-refractivity contribution is -0.129. The minimum Gasteiger partial charge on any atom is -0.460 e. The molecule has 0 aliphatic heterocycles. The Morgan fingerprint density at radius 1 is 1.25 bits per heavy atom. The highest BCUT2D eigenvalue weighted by atomic mass is 16.3. The molecule has 0 bridgehead atoms. The summed E-state index contributed by atoms with van der Waals surface area (Å²) >= 11 is 0. The molecular weight excluding hydrogens is 256 g/mol. The van der Waals surface area contributed by atoms with Crippen molar-refractivity contribution in [2.24, 2.45) is 5.10 Å². The lowest BCUT2D eigenvalue weighted by Gasteiger charge is -2.09. The standard InChI is InChI=1S/C15H16N2O3/c1-10-8-9-13(20-10)11(2)16-17-15(19)14(18)12-6-4-3-5-7-12/h3-9,14,18H,1-2H3,(H,17,19)/b16-11+. The summed E-state index contributed by atoms with van der Waals surface area (Å²) in [6.45, 7) is 3.54. The maximum atomic E-state index is 11.8. The van der Waals surface area contributed by atoms with Crippen LogP contribution in [0.3, 0.4) is 0 Å². The predicted molar refractivity (Wildman–Crippen MR) is 75.2 cm³/mol. The Kier molecular flexibility index (Phi) is 4.32. The van der Waals surface area contributed by atoms with Crippen LogP contribution in [0, 0.1) is 6.92 Å². The third-order valence-electron chi connectivity index (χ3n) is 2.79. The van der Waals surface area contributed by atoms with Gasteiger partial charge in [-0.2, -0.15) is 5.10 Å². The van der Waals surface area contributed by atoms with Crippen LogP contribution in [0.1, 0.15) is 30.1 Å². The van der Waals surface area contributed by atoms with Crippen LogP contribution in [0.15, 0.2) is 52.0 Å². The van der Waals surface area contributed by atoms with Crippen molar-refractivity contribution >= 4 is 11.6 Å². The first kappa shape index (κ1) is 14.0. The average Bonchev–Trinajstić information content (AvgIpc) is 2.91. The molecule has 1 amide bonds. The summed E-state index contributed by atoms with van der Waals surface area (Å²) in [6, 6.07) is 12.3. The minimum atomic E-state index is -1.24. The zero-order valence-corrected chi connectivity index (χ0v) is 11.3. The molecule has 1 unspecified atom stereocenters. The summed E-state index contributed by atoms with van der Waals surface area (Å²) in [4.78, 5) is 11.8. The van der Waals surface area contributed by atoms with Crippen LogP contribution >= 0.6 is 0 Å². The number of carbonyl (C=O) groups excluding carboxylic acids is 1. The number of hydrogen-bond acceptors (Lipinski definition) is 4. The summed E-state index contributed by atoms with van der Waals surface area (Å²) in [6.07, 6.45) is -1.24. The highest BCUT2D eigenvalue weighted by Crippen LogP contribution is 2.12. The summed E-state index contributed by atoms with van der Waals surface area (Å²) in [5.41, 5.74) is 3.38. The number of hydrazone groups is 1. The van der Waals surface area contributed by atoms with Crippen LogP contribution in [0.5, 0.6) is 0 Å². The van der Waals surface area contributed by atoms with E-state index < -0.39 is 12.0 Å². The van der Waals surface area contributed by atoms with Crippen molar-refractivity contribution in [3.05, 3.63) is 59.5 Å². The number of furan rings is 1. The van der Waals surface area contributed by atoms with E-state index in [1.807, 2.05) is 19.1 Å². The Labute approximate surface area is 116 Å². The SMILES string of the molecule is C/C(=N\NC(=O)C(O)c1ccccc1)c1ccc(C)o1. The molecule has 1 aromatic heterocycles. The smallest absolute Gasteiger partial charge is 0.273 e. The molecule has 5 nitrogen and oxygen atoms in total. The Balaban J connectivity index is 2.01. The fourth-order valence-corrected chi connectivity index (χ4v) is 1.67. The first-order valence-electron chi connectivity index (χ1n) is 6.22. The van der Waals surface area contributed by atoms with Crippen molar-refractivity contribution in [3.8, 4) is 0 Å². The number of nitrogens with zero attached hydrogens (tertiary/aromatic N) is 1. The van der Waals surface area contributed by atoms with Crippen LogP contribution in [0.2, 0.25) is 0 Å². The summed E-state index contributed by atoms with van der Waals surface area (Å²) in [5, 5.41) is 13.8. The zero-order chi connectivity index (χ0) is 14.5. The molecule has 0 radical (unpaired) electrons. The van der Waals surface area contributed by atoms with Gasteiger partial charge >= 0.3 is 0 Å². The summed E-state index contributed by atoms with van der Waals surface area (Å²) < 4.78 is 5.38. The van der Waals surface area contributed by atoms with E-state index in [0.29, 0.717) is 17.0 Å². The molecule has 2 N–H and O–H groups in total. The molecule has 1 atom stereocenters. The van der Waals surface area contributed by atoms with Gasteiger partial charge in [-0.3, -0.25) is 4.79 Å². The van der Waals surface area contributed by atoms with E-state index in [1.165, 1.54) is 0 Å². The molecule has 1 heterocycles. The molecule has 2 rings (SSSR count). The molecule has 0 spiro atoms. The summed E-state index contributed by atoms with van der Waals surface area (Å²) in [5.74, 6) is 0.765. The molecule has 0 aliphatic carbocycles. The van der Waals surface area contributed by atoms with Gasteiger partial charge in [-0.05, 0) is 31.5 Å². The second-order valence-corrected chi connectivity index (χ2v) is 4.40. The molecule has 0 fully saturated rings. The fourth-order valence-electron chi connectivity index (χ4n) is 1.67. The van der Waals surface area contributed by atoms with Crippen LogP contribution in [0.25, 0.3) is 0 Å². The first-order valence-corrected chi connectivity index (χ1v) is 6.22. The maximum Gasteiger partial charge on any atom is 0.273 e. The minimum absolute atomic E-state index is 0.520. The fraction of sp³-hybridized carbons (Fsp3) is 0.200. The topological polar surface area (TPSA) is 74.8 Å². The molecule has 104 valence electrons. The first-order chi connectivity index (χ1) is 9.58. The predicted octanol–water partition coefficient (Wildman–Crippen LogP) is 2.16. The van der Waals surface area contributed by atoms with Crippen molar-refractivity contribution in [3.63, 3.8) is 0 Å². The molecular formula is C15H16N2O3. The second kappa shape index (κ2) is 6.16. The molecule has 0 saturated heterocycles. The van der Waals surface area contributed by atoms with Crippen molar-refractivity contribution in [2.45, 2.75) is 20.0 Å². The second-order valence-electron chi connectivity index (χ2n) is 4.40. The van der Waals surface area contributed by atoms with E-state index in [-0.39, 0.29) is 0 Å². The van der Waals surface area contributed by atoms with Gasteiger partial charge in [0.2, 0.25) is 0 Å². The Morgan fingerprint density at radius 3 is 2.55 bits per heavy atom. The highest BCUT2D eigenvalue weighted by Gasteiger charge is 2.16. The molecule has 2 aromatic rings. The van der Waals surface area contributed by atoms with Gasteiger partial charge in [-0.25, -0.2) is 5.43 Å². The van der Waals surface area contributed by atoms with Gasteiger partial charge < -0.3 is 9.52 Å². The largest absolute Gasteiger partial charge is 0.460 e. The quantitative estimate of drug-likeness (QED) is 0.661. The average molecular weight is 272 g/mol. The van der Waals surface area contributed by atoms with E-state index in [2.05, 4.69) is 10.5 Å². The van der Waals surface area contributed by atoms with Gasteiger partial charge in [-0.1, -0.05) is 30.3 Å². The normalized spacial score (nSPS) is 13.1. The molecule has 20 heavy (non-hydrogen) atoms. The number of aryl methyl sites for hydroxylation is 1. The Bertz CT molecular complexity index is 617. The van der Waals surface area contributed by atoms with E-state index in [9.17, 15) is 9.90 Å². The van der Waals surface area contributed by atoms with E-state index in [1.54, 1.807) is 37.3 Å². The van der Waals surface area contributed by atoms with E-state index in [4.69, 9.17) is 4.42 Å².